The summed E-state index contributed by atoms with van der Waals surface area (Å²) in [5.41, 5.74) is 2.84. The standard InChI is InChI=1S/C22H24F3N7O/c1-12-7-16(19-31-32-20(33-19)28-10-17-26-5-6-27-17)30-18-14(12)8-13(29-11-22(23,24)25)9-15(18)21(2,3)4/h5-9,29H,10-11H2,1-4H3,(H,26,27)(H,28,32). The molecule has 0 aliphatic rings. The van der Waals surface area contributed by atoms with Crippen LogP contribution in [-0.2, 0) is 12.0 Å². The second-order valence-corrected chi connectivity index (χ2v) is 8.76. The van der Waals surface area contributed by atoms with Gasteiger partial charge in [-0.1, -0.05) is 25.9 Å². The first kappa shape index (κ1) is 22.6. The molecule has 0 bridgehead atoms. The van der Waals surface area contributed by atoms with E-state index in [1.165, 1.54) is 0 Å². The molecule has 174 valence electrons. The van der Waals surface area contributed by atoms with Gasteiger partial charge in [0.2, 0.25) is 0 Å². The Morgan fingerprint density at radius 3 is 2.52 bits per heavy atom. The monoisotopic (exact) mass is 459 g/mol. The predicted octanol–water partition coefficient (Wildman–Crippen LogP) is 5.20. The second kappa shape index (κ2) is 8.38. The molecule has 0 amide bonds. The molecule has 0 aliphatic carbocycles. The molecule has 0 unspecified atom stereocenters. The molecular weight excluding hydrogens is 435 g/mol. The van der Waals surface area contributed by atoms with E-state index < -0.39 is 12.7 Å². The lowest BCUT2D eigenvalue weighted by Crippen LogP contribution is -2.22. The van der Waals surface area contributed by atoms with Gasteiger partial charge < -0.3 is 20.0 Å². The lowest BCUT2D eigenvalue weighted by molar-refractivity contribution is -0.115. The molecule has 3 heterocycles. The Morgan fingerprint density at radius 1 is 1.06 bits per heavy atom. The Morgan fingerprint density at radius 2 is 1.85 bits per heavy atom. The molecule has 1 aromatic carbocycles. The number of alkyl halides is 3. The van der Waals surface area contributed by atoms with Gasteiger partial charge in [-0.15, -0.1) is 5.10 Å². The number of nitrogens with zero attached hydrogens (tertiary/aromatic N) is 4. The van der Waals surface area contributed by atoms with Crippen LogP contribution in [0.2, 0.25) is 0 Å². The highest BCUT2D eigenvalue weighted by Crippen LogP contribution is 2.35. The van der Waals surface area contributed by atoms with Crippen LogP contribution in [0.1, 0.15) is 37.7 Å². The fraction of sp³-hybridized carbons (Fsp3) is 0.364. The fourth-order valence-corrected chi connectivity index (χ4v) is 3.43. The van der Waals surface area contributed by atoms with Gasteiger partial charge in [0.1, 0.15) is 18.1 Å². The van der Waals surface area contributed by atoms with Gasteiger partial charge in [0, 0.05) is 23.5 Å². The van der Waals surface area contributed by atoms with E-state index >= 15 is 0 Å². The normalized spacial score (nSPS) is 12.3. The molecule has 3 N–H and O–H groups in total. The smallest absolute Gasteiger partial charge is 0.402 e. The van der Waals surface area contributed by atoms with E-state index in [0.29, 0.717) is 23.4 Å². The van der Waals surface area contributed by atoms with Gasteiger partial charge >= 0.3 is 12.2 Å². The number of rotatable bonds is 6. The topological polar surface area (TPSA) is 105 Å². The number of H-pyrrole nitrogens is 1. The number of imidazole rings is 1. The van der Waals surface area contributed by atoms with Crippen molar-refractivity contribution in [2.24, 2.45) is 0 Å². The molecule has 0 fully saturated rings. The summed E-state index contributed by atoms with van der Waals surface area (Å²) in [4.78, 5) is 11.8. The summed E-state index contributed by atoms with van der Waals surface area (Å²) < 4.78 is 43.9. The number of pyridine rings is 1. The third-order valence-electron chi connectivity index (χ3n) is 5.03. The minimum atomic E-state index is -4.31. The summed E-state index contributed by atoms with van der Waals surface area (Å²) in [5, 5.41) is 14.3. The molecule has 8 nitrogen and oxygen atoms in total. The Balaban J connectivity index is 1.70. The molecule has 0 atom stereocenters. The van der Waals surface area contributed by atoms with Crippen molar-refractivity contribution < 1.29 is 17.6 Å². The zero-order valence-electron chi connectivity index (χ0n) is 18.6. The van der Waals surface area contributed by atoms with Crippen LogP contribution in [-0.4, -0.2) is 37.9 Å². The molecule has 3 aromatic heterocycles. The second-order valence-electron chi connectivity index (χ2n) is 8.76. The zero-order valence-corrected chi connectivity index (χ0v) is 18.6. The largest absolute Gasteiger partial charge is 0.405 e. The molecule has 0 spiro atoms. The van der Waals surface area contributed by atoms with Crippen molar-refractivity contribution >= 4 is 22.6 Å². The lowest BCUT2D eigenvalue weighted by Gasteiger charge is -2.23. The number of aromatic amines is 1. The van der Waals surface area contributed by atoms with Crippen molar-refractivity contribution in [3.63, 3.8) is 0 Å². The number of hydrogen-bond donors (Lipinski definition) is 3. The van der Waals surface area contributed by atoms with Gasteiger partial charge in [-0.25, -0.2) is 9.97 Å². The van der Waals surface area contributed by atoms with Crippen molar-refractivity contribution in [2.75, 3.05) is 17.2 Å². The van der Waals surface area contributed by atoms with Crippen LogP contribution < -0.4 is 10.6 Å². The minimum Gasteiger partial charge on any atom is -0.402 e. The number of benzene rings is 1. The SMILES string of the molecule is Cc1cc(-c2nnc(NCc3ncc[nH]3)o2)nc2c(C(C)(C)C)cc(NCC(F)(F)F)cc12. The Labute approximate surface area is 188 Å². The first-order valence-corrected chi connectivity index (χ1v) is 10.3. The molecule has 0 radical (unpaired) electrons. The first-order chi connectivity index (χ1) is 15.5. The van der Waals surface area contributed by atoms with Crippen molar-refractivity contribution in [2.45, 2.75) is 45.8 Å². The summed E-state index contributed by atoms with van der Waals surface area (Å²) in [6.07, 6.45) is -0.946. The van der Waals surface area contributed by atoms with Gasteiger partial charge in [-0.05, 0) is 41.7 Å². The van der Waals surface area contributed by atoms with Gasteiger partial charge in [-0.2, -0.15) is 13.2 Å². The van der Waals surface area contributed by atoms with E-state index in [-0.39, 0.29) is 17.3 Å². The number of anilines is 2. The molecule has 33 heavy (non-hydrogen) atoms. The lowest BCUT2D eigenvalue weighted by atomic mass is 9.84. The number of nitrogens with one attached hydrogen (secondary N) is 3. The minimum absolute atomic E-state index is 0.226. The van der Waals surface area contributed by atoms with Crippen molar-refractivity contribution in [1.29, 1.82) is 0 Å². The van der Waals surface area contributed by atoms with Gasteiger partial charge in [0.25, 0.3) is 5.89 Å². The number of aryl methyl sites for hydroxylation is 1. The molecule has 11 heteroatoms. The predicted molar refractivity (Wildman–Crippen MR) is 119 cm³/mol. The maximum absolute atomic E-state index is 12.7. The van der Waals surface area contributed by atoms with Crippen LogP contribution in [0.4, 0.5) is 24.9 Å². The highest BCUT2D eigenvalue weighted by Gasteiger charge is 2.27. The summed E-state index contributed by atoms with van der Waals surface area (Å²) in [6, 6.07) is 5.41. The Bertz CT molecular complexity index is 1260. The summed E-state index contributed by atoms with van der Waals surface area (Å²) in [5.74, 6) is 0.959. The summed E-state index contributed by atoms with van der Waals surface area (Å²) in [6.45, 7) is 7.12. The van der Waals surface area contributed by atoms with E-state index in [9.17, 15) is 13.2 Å². The summed E-state index contributed by atoms with van der Waals surface area (Å²) in [7, 11) is 0. The third-order valence-corrected chi connectivity index (χ3v) is 5.03. The molecule has 0 saturated heterocycles. The number of aromatic nitrogens is 5. The van der Waals surface area contributed by atoms with E-state index in [0.717, 1.165) is 22.3 Å². The first-order valence-electron chi connectivity index (χ1n) is 10.3. The molecule has 4 rings (SSSR count). The highest BCUT2D eigenvalue weighted by atomic mass is 19.4. The van der Waals surface area contributed by atoms with Crippen molar-refractivity contribution in [1.82, 2.24) is 25.1 Å². The maximum Gasteiger partial charge on any atom is 0.405 e. The molecule has 0 aliphatic heterocycles. The Hall–Kier alpha value is -3.63. The van der Waals surface area contributed by atoms with E-state index in [4.69, 9.17) is 9.40 Å². The van der Waals surface area contributed by atoms with E-state index in [1.54, 1.807) is 30.6 Å². The zero-order chi connectivity index (χ0) is 23.8. The van der Waals surface area contributed by atoms with Crippen LogP contribution in [0.3, 0.4) is 0 Å². The van der Waals surface area contributed by atoms with Gasteiger partial charge in [0.15, 0.2) is 0 Å². The van der Waals surface area contributed by atoms with Gasteiger partial charge in [0.05, 0.1) is 12.1 Å². The fourth-order valence-electron chi connectivity index (χ4n) is 3.43. The maximum atomic E-state index is 12.7. The average Bonchev–Trinajstić information content (AvgIpc) is 3.41. The van der Waals surface area contributed by atoms with E-state index in [2.05, 4.69) is 30.8 Å². The van der Waals surface area contributed by atoms with Crippen LogP contribution in [0.15, 0.2) is 35.0 Å². The molecular formula is C22H24F3N7O. The van der Waals surface area contributed by atoms with Crippen LogP contribution in [0.25, 0.3) is 22.5 Å². The van der Waals surface area contributed by atoms with Crippen molar-refractivity contribution in [3.05, 3.63) is 47.5 Å². The Kier molecular flexibility index (Phi) is 5.73. The highest BCUT2D eigenvalue weighted by molar-refractivity contribution is 5.90. The number of hydrogen-bond acceptors (Lipinski definition) is 7. The van der Waals surface area contributed by atoms with Crippen LogP contribution in [0.5, 0.6) is 0 Å². The number of halogens is 3. The van der Waals surface area contributed by atoms with E-state index in [1.807, 2.05) is 27.7 Å². The number of fused-ring (bicyclic) bond motifs is 1. The van der Waals surface area contributed by atoms with Gasteiger partial charge in [-0.3, -0.25) is 0 Å². The summed E-state index contributed by atoms with van der Waals surface area (Å²) >= 11 is 0. The molecule has 0 saturated carbocycles. The quantitative estimate of drug-likeness (QED) is 0.364. The van der Waals surface area contributed by atoms with Crippen LogP contribution >= 0.6 is 0 Å². The molecule has 4 aromatic rings. The van der Waals surface area contributed by atoms with Crippen molar-refractivity contribution in [3.8, 4) is 11.6 Å². The average molecular weight is 459 g/mol. The van der Waals surface area contributed by atoms with Crippen LogP contribution in [0, 0.1) is 6.92 Å². The third kappa shape index (κ3) is 5.24.